The molecule has 4 rings (SSSR count). The Labute approximate surface area is 176 Å². The standard InChI is InChI=1S/C23H27N3O4/c1-2-24-23(28)26-14-18(9-10-19(26)17-6-4-3-5-7-17)22(27)25-13-16-8-11-20-21(12-16)30-15-29-20/h3-8,11-12,18-19H,2,9-10,13-15H2,1H3,(H,24,28)(H,25,27). The summed E-state index contributed by atoms with van der Waals surface area (Å²) in [6.45, 7) is 3.49. The van der Waals surface area contributed by atoms with E-state index in [9.17, 15) is 9.59 Å². The first-order valence-electron chi connectivity index (χ1n) is 10.4. The second-order valence-corrected chi connectivity index (χ2v) is 7.59. The molecule has 2 aliphatic heterocycles. The fourth-order valence-corrected chi connectivity index (χ4v) is 4.07. The summed E-state index contributed by atoms with van der Waals surface area (Å²) < 4.78 is 10.7. The highest BCUT2D eigenvalue weighted by Gasteiger charge is 2.35. The molecule has 0 radical (unpaired) electrons. The van der Waals surface area contributed by atoms with Crippen LogP contribution in [0.5, 0.6) is 11.5 Å². The molecule has 7 heteroatoms. The monoisotopic (exact) mass is 409 g/mol. The van der Waals surface area contributed by atoms with Gasteiger partial charge in [-0.3, -0.25) is 4.79 Å². The Morgan fingerprint density at radius 2 is 1.83 bits per heavy atom. The highest BCUT2D eigenvalue weighted by atomic mass is 16.7. The van der Waals surface area contributed by atoms with Crippen molar-refractivity contribution in [2.45, 2.75) is 32.4 Å². The number of urea groups is 1. The number of benzene rings is 2. The lowest BCUT2D eigenvalue weighted by Gasteiger charge is -2.39. The number of fused-ring (bicyclic) bond motifs is 1. The van der Waals surface area contributed by atoms with Crippen LogP contribution in [0.25, 0.3) is 0 Å². The average molecular weight is 409 g/mol. The van der Waals surface area contributed by atoms with Gasteiger partial charge in [0, 0.05) is 19.6 Å². The van der Waals surface area contributed by atoms with Gasteiger partial charge in [0.05, 0.1) is 12.0 Å². The van der Waals surface area contributed by atoms with Gasteiger partial charge in [0.1, 0.15) is 0 Å². The van der Waals surface area contributed by atoms with Crippen molar-refractivity contribution in [3.05, 3.63) is 59.7 Å². The van der Waals surface area contributed by atoms with Crippen LogP contribution in [0.1, 0.15) is 36.9 Å². The van der Waals surface area contributed by atoms with Gasteiger partial charge in [0.15, 0.2) is 11.5 Å². The van der Waals surface area contributed by atoms with Crippen LogP contribution in [0.15, 0.2) is 48.5 Å². The molecule has 2 N–H and O–H groups in total. The van der Waals surface area contributed by atoms with Gasteiger partial charge in [-0.25, -0.2) is 4.79 Å². The minimum atomic E-state index is -0.235. The van der Waals surface area contributed by atoms with E-state index in [2.05, 4.69) is 10.6 Å². The van der Waals surface area contributed by atoms with Crippen LogP contribution in [0.2, 0.25) is 0 Å². The summed E-state index contributed by atoms with van der Waals surface area (Å²) in [5.41, 5.74) is 2.05. The zero-order valence-electron chi connectivity index (χ0n) is 17.1. The molecular formula is C23H27N3O4. The van der Waals surface area contributed by atoms with E-state index in [-0.39, 0.29) is 30.7 Å². The van der Waals surface area contributed by atoms with Crippen molar-refractivity contribution >= 4 is 11.9 Å². The molecule has 2 atom stereocenters. The molecule has 7 nitrogen and oxygen atoms in total. The molecule has 2 aliphatic rings. The summed E-state index contributed by atoms with van der Waals surface area (Å²) in [5.74, 6) is 1.16. The highest BCUT2D eigenvalue weighted by molar-refractivity contribution is 5.81. The maximum Gasteiger partial charge on any atom is 0.317 e. The van der Waals surface area contributed by atoms with Crippen LogP contribution in [-0.4, -0.2) is 36.7 Å². The first kappa shape index (κ1) is 20.1. The van der Waals surface area contributed by atoms with Crippen molar-refractivity contribution in [1.82, 2.24) is 15.5 Å². The first-order chi connectivity index (χ1) is 14.7. The quantitative estimate of drug-likeness (QED) is 0.795. The van der Waals surface area contributed by atoms with E-state index in [1.54, 1.807) is 4.90 Å². The number of carbonyl (C=O) groups is 2. The third kappa shape index (κ3) is 4.35. The SMILES string of the molecule is CCNC(=O)N1CC(C(=O)NCc2ccc3c(c2)OCO3)CCC1c1ccccc1. The maximum atomic E-state index is 12.8. The molecule has 0 aromatic heterocycles. The molecule has 0 bridgehead atoms. The van der Waals surface area contributed by atoms with Crippen molar-refractivity contribution in [2.24, 2.45) is 5.92 Å². The number of nitrogens with one attached hydrogen (secondary N) is 2. The molecule has 158 valence electrons. The van der Waals surface area contributed by atoms with Gasteiger partial charge in [-0.15, -0.1) is 0 Å². The van der Waals surface area contributed by atoms with E-state index in [1.165, 1.54) is 0 Å². The first-order valence-corrected chi connectivity index (χ1v) is 10.4. The number of rotatable bonds is 5. The molecule has 0 spiro atoms. The fraction of sp³-hybridized carbons (Fsp3) is 0.391. The van der Waals surface area contributed by atoms with Crippen molar-refractivity contribution in [1.29, 1.82) is 0 Å². The number of piperidine rings is 1. The van der Waals surface area contributed by atoms with E-state index in [4.69, 9.17) is 9.47 Å². The molecule has 2 aromatic rings. The van der Waals surface area contributed by atoms with Gasteiger partial charge >= 0.3 is 6.03 Å². The lowest BCUT2D eigenvalue weighted by atomic mass is 9.88. The van der Waals surface area contributed by atoms with E-state index in [1.807, 2.05) is 55.5 Å². The number of hydrogen-bond donors (Lipinski definition) is 2. The molecule has 1 fully saturated rings. The van der Waals surface area contributed by atoms with Crippen molar-refractivity contribution < 1.29 is 19.1 Å². The summed E-state index contributed by atoms with van der Waals surface area (Å²) in [6, 6.07) is 15.5. The van der Waals surface area contributed by atoms with Crippen molar-refractivity contribution in [2.75, 3.05) is 19.9 Å². The van der Waals surface area contributed by atoms with Gasteiger partial charge in [0.2, 0.25) is 12.7 Å². The largest absolute Gasteiger partial charge is 0.454 e. The van der Waals surface area contributed by atoms with Gasteiger partial charge < -0.3 is 25.0 Å². The number of likely N-dealkylation sites (tertiary alicyclic amines) is 1. The number of carbonyl (C=O) groups excluding carboxylic acids is 2. The molecule has 2 aromatic carbocycles. The normalized spacial score (nSPS) is 20.0. The Balaban J connectivity index is 1.40. The van der Waals surface area contributed by atoms with E-state index < -0.39 is 0 Å². The van der Waals surface area contributed by atoms with Gasteiger partial charge in [-0.05, 0) is 43.0 Å². The molecule has 30 heavy (non-hydrogen) atoms. The predicted molar refractivity (Wildman–Crippen MR) is 112 cm³/mol. The summed E-state index contributed by atoms with van der Waals surface area (Å²) in [6.07, 6.45) is 1.49. The Bertz CT molecular complexity index is 903. The minimum absolute atomic E-state index is 0.0179. The molecule has 0 saturated carbocycles. The van der Waals surface area contributed by atoms with Gasteiger partial charge in [-0.2, -0.15) is 0 Å². The van der Waals surface area contributed by atoms with E-state index in [0.29, 0.717) is 25.4 Å². The van der Waals surface area contributed by atoms with Crippen LogP contribution in [0, 0.1) is 5.92 Å². The number of hydrogen-bond acceptors (Lipinski definition) is 4. The number of amides is 3. The number of nitrogens with zero attached hydrogens (tertiary/aromatic N) is 1. The molecule has 2 unspecified atom stereocenters. The van der Waals surface area contributed by atoms with E-state index >= 15 is 0 Å². The van der Waals surface area contributed by atoms with Crippen LogP contribution < -0.4 is 20.1 Å². The van der Waals surface area contributed by atoms with Crippen LogP contribution in [0.4, 0.5) is 4.79 Å². The molecule has 1 saturated heterocycles. The lowest BCUT2D eigenvalue weighted by molar-refractivity contribution is -0.126. The zero-order valence-corrected chi connectivity index (χ0v) is 17.1. The van der Waals surface area contributed by atoms with Crippen LogP contribution in [-0.2, 0) is 11.3 Å². The van der Waals surface area contributed by atoms with Gasteiger partial charge in [0.25, 0.3) is 0 Å². The number of ether oxygens (including phenoxy) is 2. The topological polar surface area (TPSA) is 79.9 Å². The third-order valence-electron chi connectivity index (χ3n) is 5.63. The summed E-state index contributed by atoms with van der Waals surface area (Å²) in [4.78, 5) is 27.3. The average Bonchev–Trinajstić information content (AvgIpc) is 3.26. The summed E-state index contributed by atoms with van der Waals surface area (Å²) >= 11 is 0. The summed E-state index contributed by atoms with van der Waals surface area (Å²) in [7, 11) is 0. The second-order valence-electron chi connectivity index (χ2n) is 7.59. The molecule has 2 heterocycles. The Morgan fingerprint density at radius 3 is 2.63 bits per heavy atom. The smallest absolute Gasteiger partial charge is 0.317 e. The Morgan fingerprint density at radius 1 is 1.03 bits per heavy atom. The lowest BCUT2D eigenvalue weighted by Crippen LogP contribution is -2.50. The minimum Gasteiger partial charge on any atom is -0.454 e. The van der Waals surface area contributed by atoms with Crippen molar-refractivity contribution in [3.63, 3.8) is 0 Å². The second kappa shape index (κ2) is 9.07. The van der Waals surface area contributed by atoms with Crippen LogP contribution in [0.3, 0.4) is 0 Å². The third-order valence-corrected chi connectivity index (χ3v) is 5.63. The maximum absolute atomic E-state index is 12.8. The molecule has 0 aliphatic carbocycles. The fourth-order valence-electron chi connectivity index (χ4n) is 4.07. The highest BCUT2D eigenvalue weighted by Crippen LogP contribution is 2.34. The summed E-state index contributed by atoms with van der Waals surface area (Å²) in [5, 5.41) is 5.90. The van der Waals surface area contributed by atoms with Crippen LogP contribution >= 0.6 is 0 Å². The van der Waals surface area contributed by atoms with Gasteiger partial charge in [-0.1, -0.05) is 36.4 Å². The Kier molecular flexibility index (Phi) is 6.07. The zero-order chi connectivity index (χ0) is 20.9. The predicted octanol–water partition coefficient (Wildman–Crippen LogP) is 3.21. The Hall–Kier alpha value is -3.22. The molecular weight excluding hydrogens is 382 g/mol. The van der Waals surface area contributed by atoms with Crippen molar-refractivity contribution in [3.8, 4) is 11.5 Å². The van der Waals surface area contributed by atoms with E-state index in [0.717, 1.165) is 29.7 Å². The molecule has 3 amide bonds.